The molecule has 0 rings (SSSR count). The highest BCUT2D eigenvalue weighted by Crippen LogP contribution is 2.24. The molecule has 0 aliphatic rings. The zero-order valence-corrected chi connectivity index (χ0v) is 6.86. The van der Waals surface area contributed by atoms with Gasteiger partial charge in [-0.3, -0.25) is 0 Å². The summed E-state index contributed by atoms with van der Waals surface area (Å²) in [5.74, 6) is 0. The molecule has 8 heavy (non-hydrogen) atoms. The summed E-state index contributed by atoms with van der Waals surface area (Å²) in [5, 5.41) is 0. The molecule has 0 unspecified atom stereocenters. The molecule has 0 aromatic rings. The van der Waals surface area contributed by atoms with Gasteiger partial charge in [0.25, 0.3) is 0 Å². The quantitative estimate of drug-likeness (QED) is 0.561. The van der Waals surface area contributed by atoms with Crippen molar-refractivity contribution in [1.29, 1.82) is 0 Å². The Morgan fingerprint density at radius 1 is 1.00 bits per heavy atom. The van der Waals surface area contributed by atoms with Crippen LogP contribution in [0.25, 0.3) is 0 Å². The van der Waals surface area contributed by atoms with Gasteiger partial charge in [-0.15, -0.1) is 23.5 Å². The summed E-state index contributed by atoms with van der Waals surface area (Å²) in [6, 6.07) is 0. The molecule has 0 aliphatic carbocycles. The fraction of sp³-hybridized carbons (Fsp3) is 0.333. The highest BCUT2D eigenvalue weighted by atomic mass is 32.2. The van der Waals surface area contributed by atoms with Crippen LogP contribution in [0.5, 0.6) is 0 Å². The van der Waals surface area contributed by atoms with Crippen molar-refractivity contribution in [2.24, 2.45) is 0 Å². The Morgan fingerprint density at radius 3 is 1.38 bits per heavy atom. The molecule has 2 heteroatoms. The average molecular weight is 146 g/mol. The predicted molar refractivity (Wildman–Crippen MR) is 45.3 cm³/mol. The van der Waals surface area contributed by atoms with Crippen molar-refractivity contribution < 1.29 is 0 Å². The second kappa shape index (κ2) is 4.10. The Kier molecular flexibility index (Phi) is 4.19. The average Bonchev–Trinajstić information content (AvgIpc) is 1.84. The number of hydrogen-bond acceptors (Lipinski definition) is 2. The summed E-state index contributed by atoms with van der Waals surface area (Å²) in [6.45, 7) is 7.57. The van der Waals surface area contributed by atoms with E-state index in [1.165, 1.54) is 0 Å². The number of thioether (sulfide) groups is 2. The smallest absolute Gasteiger partial charge is 0.0127 e. The van der Waals surface area contributed by atoms with Crippen LogP contribution >= 0.6 is 23.5 Å². The molecule has 0 aliphatic heterocycles. The molecule has 0 N–H and O–H groups in total. The molecule has 0 amide bonds. The van der Waals surface area contributed by atoms with Crippen molar-refractivity contribution in [3.8, 4) is 0 Å². The SMILES string of the molecule is C=C(SC)C(=C)SC. The highest BCUT2D eigenvalue weighted by molar-refractivity contribution is 8.07. The van der Waals surface area contributed by atoms with Crippen molar-refractivity contribution in [2.75, 3.05) is 12.5 Å². The minimum Gasteiger partial charge on any atom is -0.129 e. The molecule has 0 saturated carbocycles. The van der Waals surface area contributed by atoms with Gasteiger partial charge in [-0.25, -0.2) is 0 Å². The van der Waals surface area contributed by atoms with Crippen LogP contribution in [0.1, 0.15) is 0 Å². The predicted octanol–water partition coefficient (Wildman–Crippen LogP) is 2.74. The van der Waals surface area contributed by atoms with Crippen molar-refractivity contribution in [1.82, 2.24) is 0 Å². The first-order valence-electron chi connectivity index (χ1n) is 2.18. The summed E-state index contributed by atoms with van der Waals surface area (Å²) < 4.78 is 0. The van der Waals surface area contributed by atoms with E-state index in [9.17, 15) is 0 Å². The fourth-order valence-electron chi connectivity index (χ4n) is 0.228. The molecular formula is C6H10S2. The third-order valence-corrected chi connectivity index (χ3v) is 2.41. The van der Waals surface area contributed by atoms with Crippen LogP contribution in [-0.4, -0.2) is 12.5 Å². The Morgan fingerprint density at radius 2 is 1.25 bits per heavy atom. The van der Waals surface area contributed by atoms with Gasteiger partial charge in [-0.05, 0) is 12.5 Å². The van der Waals surface area contributed by atoms with Crippen LogP contribution in [0.15, 0.2) is 23.0 Å². The summed E-state index contributed by atoms with van der Waals surface area (Å²) in [5.41, 5.74) is 0. The summed E-state index contributed by atoms with van der Waals surface area (Å²) in [4.78, 5) is 2.13. The maximum atomic E-state index is 3.79. The van der Waals surface area contributed by atoms with E-state index in [2.05, 4.69) is 13.2 Å². The first-order chi connectivity index (χ1) is 3.72. The van der Waals surface area contributed by atoms with E-state index < -0.39 is 0 Å². The topological polar surface area (TPSA) is 0 Å². The van der Waals surface area contributed by atoms with Gasteiger partial charge in [-0.1, -0.05) is 13.2 Å². The summed E-state index contributed by atoms with van der Waals surface area (Å²) in [6.07, 6.45) is 4.01. The minimum atomic E-state index is 1.07. The minimum absolute atomic E-state index is 1.07. The highest BCUT2D eigenvalue weighted by Gasteiger charge is 1.92. The van der Waals surface area contributed by atoms with Gasteiger partial charge in [0.05, 0.1) is 0 Å². The van der Waals surface area contributed by atoms with Gasteiger partial charge >= 0.3 is 0 Å². The lowest BCUT2D eigenvalue weighted by molar-refractivity contribution is 1.96. The van der Waals surface area contributed by atoms with Crippen molar-refractivity contribution in [3.05, 3.63) is 23.0 Å². The van der Waals surface area contributed by atoms with E-state index in [1.807, 2.05) is 12.5 Å². The van der Waals surface area contributed by atoms with Gasteiger partial charge < -0.3 is 0 Å². The summed E-state index contributed by atoms with van der Waals surface area (Å²) >= 11 is 3.29. The van der Waals surface area contributed by atoms with Crippen LogP contribution in [0, 0.1) is 0 Å². The third kappa shape index (κ3) is 2.48. The van der Waals surface area contributed by atoms with Gasteiger partial charge in [0.1, 0.15) is 0 Å². The first-order valence-corrected chi connectivity index (χ1v) is 4.63. The Bertz CT molecular complexity index is 91.1. The van der Waals surface area contributed by atoms with E-state index in [-0.39, 0.29) is 0 Å². The molecule has 0 heterocycles. The maximum Gasteiger partial charge on any atom is 0.0127 e. The molecule has 0 fully saturated rings. The molecule has 0 bridgehead atoms. The van der Waals surface area contributed by atoms with Crippen molar-refractivity contribution in [3.63, 3.8) is 0 Å². The Labute approximate surface area is 59.4 Å². The molecule has 0 atom stereocenters. The zero-order chi connectivity index (χ0) is 6.57. The molecule has 0 nitrogen and oxygen atoms in total. The normalized spacial score (nSPS) is 8.75. The van der Waals surface area contributed by atoms with E-state index in [0.717, 1.165) is 9.81 Å². The second-order valence-electron chi connectivity index (χ2n) is 1.25. The van der Waals surface area contributed by atoms with Gasteiger partial charge in [0.15, 0.2) is 0 Å². The summed E-state index contributed by atoms with van der Waals surface area (Å²) in [7, 11) is 0. The van der Waals surface area contributed by atoms with Crippen molar-refractivity contribution in [2.45, 2.75) is 0 Å². The first kappa shape index (κ1) is 8.18. The standard InChI is InChI=1S/C6H10S2/c1-5(7-3)6(2)8-4/h1-2H2,3-4H3. The molecule has 46 valence electrons. The third-order valence-electron chi connectivity index (χ3n) is 0.804. The fourth-order valence-corrected chi connectivity index (χ4v) is 1.18. The largest absolute Gasteiger partial charge is 0.129 e. The van der Waals surface area contributed by atoms with E-state index in [1.54, 1.807) is 23.5 Å². The number of rotatable bonds is 3. The second-order valence-corrected chi connectivity index (χ2v) is 3.06. The van der Waals surface area contributed by atoms with Crippen LogP contribution < -0.4 is 0 Å². The van der Waals surface area contributed by atoms with Crippen molar-refractivity contribution >= 4 is 23.5 Å². The molecule has 0 aromatic heterocycles. The maximum absolute atomic E-state index is 3.79. The van der Waals surface area contributed by atoms with Gasteiger partial charge in [-0.2, -0.15) is 0 Å². The molecular weight excluding hydrogens is 136 g/mol. The Balaban J connectivity index is 3.64. The van der Waals surface area contributed by atoms with Crippen LogP contribution in [0.2, 0.25) is 0 Å². The lowest BCUT2D eigenvalue weighted by Crippen LogP contribution is -1.70. The zero-order valence-electron chi connectivity index (χ0n) is 5.23. The monoisotopic (exact) mass is 146 g/mol. The molecule has 0 aromatic carbocycles. The van der Waals surface area contributed by atoms with Crippen LogP contribution in [0.4, 0.5) is 0 Å². The van der Waals surface area contributed by atoms with E-state index in [0.29, 0.717) is 0 Å². The Hall–Kier alpha value is 0.180. The van der Waals surface area contributed by atoms with E-state index >= 15 is 0 Å². The molecule has 0 radical (unpaired) electrons. The van der Waals surface area contributed by atoms with Gasteiger partial charge in [0.2, 0.25) is 0 Å². The lowest BCUT2D eigenvalue weighted by atomic mass is 10.6. The van der Waals surface area contributed by atoms with Crippen LogP contribution in [0.3, 0.4) is 0 Å². The van der Waals surface area contributed by atoms with E-state index in [4.69, 9.17) is 0 Å². The molecule has 0 spiro atoms. The number of hydrogen-bond donors (Lipinski definition) is 0. The lowest BCUT2D eigenvalue weighted by Gasteiger charge is -1.99. The van der Waals surface area contributed by atoms with Gasteiger partial charge in [0, 0.05) is 9.81 Å². The molecule has 0 saturated heterocycles. The van der Waals surface area contributed by atoms with Crippen LogP contribution in [-0.2, 0) is 0 Å².